The molecule has 5 heteroatoms. The molecule has 20 heavy (non-hydrogen) atoms. The summed E-state index contributed by atoms with van der Waals surface area (Å²) in [7, 11) is 0. The zero-order chi connectivity index (χ0) is 14.9. The van der Waals surface area contributed by atoms with Gasteiger partial charge in [-0.2, -0.15) is 0 Å². The number of nitrogens with one attached hydrogen (secondary N) is 1. The van der Waals surface area contributed by atoms with Gasteiger partial charge in [0.25, 0.3) is 5.91 Å². The summed E-state index contributed by atoms with van der Waals surface area (Å²) in [5.74, 6) is -0.162. The Kier molecular flexibility index (Phi) is 4.50. The maximum atomic E-state index is 12.2. The third-order valence-electron chi connectivity index (χ3n) is 2.90. The van der Waals surface area contributed by atoms with Crippen molar-refractivity contribution in [2.24, 2.45) is 0 Å². The second-order valence-corrected chi connectivity index (χ2v) is 6.27. The SMILES string of the molecule is Cc1cc(Br)c(NC(=O)c2ccc(C)c(O)c2)c(Br)c1. The van der Waals surface area contributed by atoms with Gasteiger partial charge in [-0.15, -0.1) is 0 Å². The minimum Gasteiger partial charge on any atom is -0.508 e. The van der Waals surface area contributed by atoms with Crippen molar-refractivity contribution in [2.75, 3.05) is 5.32 Å². The number of hydrogen-bond donors (Lipinski definition) is 2. The van der Waals surface area contributed by atoms with Crippen LogP contribution in [0.3, 0.4) is 0 Å². The molecule has 2 N–H and O–H groups in total. The first-order valence-corrected chi connectivity index (χ1v) is 7.53. The predicted molar refractivity (Wildman–Crippen MR) is 87.4 cm³/mol. The Morgan fingerprint density at radius 1 is 1.10 bits per heavy atom. The molecule has 1 amide bonds. The highest BCUT2D eigenvalue weighted by molar-refractivity contribution is 9.11. The van der Waals surface area contributed by atoms with Crippen LogP contribution in [0.4, 0.5) is 5.69 Å². The van der Waals surface area contributed by atoms with Crippen LogP contribution in [0.1, 0.15) is 21.5 Å². The van der Waals surface area contributed by atoms with Gasteiger partial charge in [0.15, 0.2) is 0 Å². The number of aryl methyl sites for hydroxylation is 2. The number of carbonyl (C=O) groups excluding carboxylic acids is 1. The monoisotopic (exact) mass is 397 g/mol. The average molecular weight is 399 g/mol. The maximum absolute atomic E-state index is 12.2. The van der Waals surface area contributed by atoms with E-state index in [1.807, 2.05) is 19.1 Å². The molecule has 0 atom stereocenters. The molecule has 0 saturated carbocycles. The van der Waals surface area contributed by atoms with Gasteiger partial charge >= 0.3 is 0 Å². The number of carbonyl (C=O) groups is 1. The molecule has 0 aliphatic carbocycles. The van der Waals surface area contributed by atoms with Gasteiger partial charge in [-0.3, -0.25) is 4.79 Å². The zero-order valence-electron chi connectivity index (χ0n) is 11.0. The first kappa shape index (κ1) is 15.1. The Hall–Kier alpha value is -1.33. The molecule has 0 spiro atoms. The fourth-order valence-corrected chi connectivity index (χ4v) is 3.37. The third-order valence-corrected chi connectivity index (χ3v) is 4.15. The van der Waals surface area contributed by atoms with Gasteiger partial charge in [-0.1, -0.05) is 6.07 Å². The van der Waals surface area contributed by atoms with E-state index >= 15 is 0 Å². The number of amides is 1. The maximum Gasteiger partial charge on any atom is 0.255 e. The van der Waals surface area contributed by atoms with Gasteiger partial charge in [-0.05, 0) is 81.1 Å². The van der Waals surface area contributed by atoms with Crippen LogP contribution in [0, 0.1) is 13.8 Å². The Bertz CT molecular complexity index is 661. The number of aromatic hydroxyl groups is 1. The molecule has 104 valence electrons. The highest BCUT2D eigenvalue weighted by atomic mass is 79.9. The van der Waals surface area contributed by atoms with Crippen LogP contribution in [-0.2, 0) is 0 Å². The van der Waals surface area contributed by atoms with Gasteiger partial charge in [0.05, 0.1) is 5.69 Å². The van der Waals surface area contributed by atoms with Crippen LogP contribution in [0.25, 0.3) is 0 Å². The number of phenolic OH excluding ortho intramolecular Hbond substituents is 1. The van der Waals surface area contributed by atoms with E-state index in [9.17, 15) is 9.90 Å². The zero-order valence-corrected chi connectivity index (χ0v) is 14.2. The van der Waals surface area contributed by atoms with E-state index in [-0.39, 0.29) is 11.7 Å². The summed E-state index contributed by atoms with van der Waals surface area (Å²) in [6.07, 6.45) is 0. The van der Waals surface area contributed by atoms with Crippen molar-refractivity contribution in [1.82, 2.24) is 0 Å². The molecule has 0 saturated heterocycles. The van der Waals surface area contributed by atoms with Gasteiger partial charge < -0.3 is 10.4 Å². The number of rotatable bonds is 2. The normalized spacial score (nSPS) is 10.4. The van der Waals surface area contributed by atoms with Crippen molar-refractivity contribution < 1.29 is 9.90 Å². The third kappa shape index (κ3) is 3.22. The van der Waals surface area contributed by atoms with E-state index in [1.165, 1.54) is 6.07 Å². The van der Waals surface area contributed by atoms with Gasteiger partial charge in [0, 0.05) is 14.5 Å². The standard InChI is InChI=1S/C15H13Br2NO2/c1-8-5-11(16)14(12(17)6-8)18-15(20)10-4-3-9(2)13(19)7-10/h3-7,19H,1-2H3,(H,18,20). The molecule has 0 unspecified atom stereocenters. The highest BCUT2D eigenvalue weighted by Crippen LogP contribution is 2.32. The topological polar surface area (TPSA) is 49.3 Å². The fraction of sp³-hybridized carbons (Fsp3) is 0.133. The highest BCUT2D eigenvalue weighted by Gasteiger charge is 2.12. The number of hydrogen-bond acceptors (Lipinski definition) is 2. The lowest BCUT2D eigenvalue weighted by Crippen LogP contribution is -2.12. The van der Waals surface area contributed by atoms with Crippen molar-refractivity contribution >= 4 is 43.5 Å². The van der Waals surface area contributed by atoms with Crippen molar-refractivity contribution in [3.63, 3.8) is 0 Å². The van der Waals surface area contributed by atoms with Crippen LogP contribution in [0.2, 0.25) is 0 Å². The van der Waals surface area contributed by atoms with Crippen LogP contribution < -0.4 is 5.32 Å². The Labute approximate surface area is 134 Å². The number of phenols is 1. The summed E-state index contributed by atoms with van der Waals surface area (Å²) >= 11 is 6.86. The predicted octanol–water partition coefficient (Wildman–Crippen LogP) is 4.79. The summed E-state index contributed by atoms with van der Waals surface area (Å²) in [6, 6.07) is 8.70. The summed E-state index contributed by atoms with van der Waals surface area (Å²) in [4.78, 5) is 12.2. The molecule has 0 aliphatic rings. The van der Waals surface area contributed by atoms with Gasteiger partial charge in [0.2, 0.25) is 0 Å². The Morgan fingerprint density at radius 2 is 1.70 bits per heavy atom. The van der Waals surface area contributed by atoms with Crippen LogP contribution in [0.15, 0.2) is 39.3 Å². The lowest BCUT2D eigenvalue weighted by Gasteiger charge is -2.11. The molecule has 0 aliphatic heterocycles. The Balaban J connectivity index is 2.30. The molecule has 0 radical (unpaired) electrons. The molecule has 0 heterocycles. The summed E-state index contributed by atoms with van der Waals surface area (Å²) < 4.78 is 1.60. The lowest BCUT2D eigenvalue weighted by molar-refractivity contribution is 0.102. The fourth-order valence-electron chi connectivity index (χ4n) is 1.76. The molecule has 0 aromatic heterocycles. The van der Waals surface area contributed by atoms with E-state index in [1.54, 1.807) is 19.1 Å². The van der Waals surface area contributed by atoms with Crippen molar-refractivity contribution in [3.8, 4) is 5.75 Å². The van der Waals surface area contributed by atoms with E-state index < -0.39 is 0 Å². The van der Waals surface area contributed by atoms with Gasteiger partial charge in [0.1, 0.15) is 5.75 Å². The molecule has 2 rings (SSSR count). The van der Waals surface area contributed by atoms with Crippen LogP contribution >= 0.6 is 31.9 Å². The largest absolute Gasteiger partial charge is 0.508 e. The van der Waals surface area contributed by atoms with E-state index in [2.05, 4.69) is 37.2 Å². The van der Waals surface area contributed by atoms with Crippen molar-refractivity contribution in [1.29, 1.82) is 0 Å². The second-order valence-electron chi connectivity index (χ2n) is 4.56. The number of benzene rings is 2. The smallest absolute Gasteiger partial charge is 0.255 e. The first-order chi connectivity index (χ1) is 9.38. The molecular formula is C15H13Br2NO2. The average Bonchev–Trinajstić information content (AvgIpc) is 2.36. The molecule has 3 nitrogen and oxygen atoms in total. The molecule has 2 aromatic carbocycles. The number of halogens is 2. The van der Waals surface area contributed by atoms with Crippen LogP contribution in [-0.4, -0.2) is 11.0 Å². The van der Waals surface area contributed by atoms with E-state index in [0.717, 1.165) is 20.1 Å². The Morgan fingerprint density at radius 3 is 2.25 bits per heavy atom. The van der Waals surface area contributed by atoms with Crippen molar-refractivity contribution in [2.45, 2.75) is 13.8 Å². The van der Waals surface area contributed by atoms with Crippen molar-refractivity contribution in [3.05, 3.63) is 56.0 Å². The lowest BCUT2D eigenvalue weighted by atomic mass is 10.1. The molecular weight excluding hydrogens is 386 g/mol. The van der Waals surface area contributed by atoms with E-state index in [4.69, 9.17) is 0 Å². The quantitative estimate of drug-likeness (QED) is 0.764. The minimum absolute atomic E-state index is 0.111. The summed E-state index contributed by atoms with van der Waals surface area (Å²) in [6.45, 7) is 3.75. The molecule has 2 aromatic rings. The number of anilines is 1. The van der Waals surface area contributed by atoms with E-state index in [0.29, 0.717) is 11.3 Å². The summed E-state index contributed by atoms with van der Waals surface area (Å²) in [5.41, 5.74) is 2.89. The molecule has 0 fully saturated rings. The second kappa shape index (κ2) is 5.97. The first-order valence-electron chi connectivity index (χ1n) is 5.95. The summed E-state index contributed by atoms with van der Waals surface area (Å²) in [5, 5.41) is 12.5. The van der Waals surface area contributed by atoms with Crippen LogP contribution in [0.5, 0.6) is 5.75 Å². The molecule has 0 bridgehead atoms. The minimum atomic E-state index is -0.273. The van der Waals surface area contributed by atoms with Gasteiger partial charge in [-0.25, -0.2) is 0 Å².